The van der Waals surface area contributed by atoms with E-state index in [1.807, 2.05) is 18.2 Å². The average Bonchev–Trinajstić information content (AvgIpc) is 1.75. The first kappa shape index (κ1) is 108. The van der Waals surface area contributed by atoms with Crippen molar-refractivity contribution in [1.29, 1.82) is 0 Å². The first-order valence-corrected chi connectivity index (χ1v) is 48.8. The van der Waals surface area contributed by atoms with Crippen molar-refractivity contribution in [2.24, 2.45) is 10.2 Å². The Morgan fingerprint density at radius 3 is 1.26 bits per heavy atom. The fourth-order valence-electron chi connectivity index (χ4n) is 12.7. The molecule has 0 aliphatic carbocycles. The van der Waals surface area contributed by atoms with E-state index in [2.05, 4.69) is 95.8 Å². The summed E-state index contributed by atoms with van der Waals surface area (Å²) in [6, 6.07) is 30.5. The molecule has 0 bridgehead atoms. The summed E-state index contributed by atoms with van der Waals surface area (Å²) in [5.74, 6) is 5.13. The van der Waals surface area contributed by atoms with Crippen LogP contribution in [0.2, 0.25) is 10.0 Å². The molecule has 8 aromatic rings. The van der Waals surface area contributed by atoms with E-state index in [1.165, 1.54) is 12.1 Å². The molecule has 7 N–H and O–H groups in total. The molecule has 0 saturated carbocycles. The third-order valence-electron chi connectivity index (χ3n) is 18.8. The number of terminal acetylenes is 3. The number of halogens is 9. The lowest BCUT2D eigenvalue weighted by Gasteiger charge is -2.29. The number of piperidine rings is 2. The van der Waals surface area contributed by atoms with Gasteiger partial charge in [0.2, 0.25) is 0 Å². The Morgan fingerprint density at radius 2 is 0.907 bits per heavy atom. The molecule has 0 radical (unpaired) electrons. The number of aryl methyl sites for hydroxylation is 2. The van der Waals surface area contributed by atoms with Gasteiger partial charge < -0.3 is 53.4 Å². The van der Waals surface area contributed by atoms with Crippen molar-refractivity contribution in [2.75, 3.05) is 103 Å². The number of benzene rings is 6. The van der Waals surface area contributed by atoms with Gasteiger partial charge in [0.25, 0.3) is 23.6 Å². The molecule has 0 spiro atoms. The van der Waals surface area contributed by atoms with Crippen LogP contribution in [-0.2, 0) is 70.1 Å². The minimum Gasteiger partial charge on any atom is -0.396 e. The third-order valence-corrected chi connectivity index (χ3v) is 25.2. The van der Waals surface area contributed by atoms with E-state index in [-0.39, 0.29) is 65.5 Å². The van der Waals surface area contributed by atoms with Crippen LogP contribution in [0.4, 0.5) is 49.1 Å². The highest BCUT2D eigenvalue weighted by Crippen LogP contribution is 2.50. The van der Waals surface area contributed by atoms with Crippen molar-refractivity contribution < 1.29 is 92.2 Å². The minimum absolute atomic E-state index is 0.0690. The van der Waals surface area contributed by atoms with Crippen molar-refractivity contribution in [3.63, 3.8) is 0 Å². The molecule has 4 heterocycles. The Hall–Kier alpha value is -9.85. The number of amides is 4. The van der Waals surface area contributed by atoms with E-state index in [9.17, 15) is 59.2 Å². The number of alkyl halides is 7. The number of nitrogens with one attached hydrogen (secondary N) is 4. The minimum atomic E-state index is -4.66. The van der Waals surface area contributed by atoms with E-state index in [0.717, 1.165) is 148 Å². The lowest BCUT2D eigenvalue weighted by molar-refractivity contribution is -0.138. The molecular weight excluding hydrogens is 1850 g/mol. The second-order valence-corrected chi connectivity index (χ2v) is 36.6. The Balaban J connectivity index is 0.000000314. The third kappa shape index (κ3) is 39.0. The zero-order valence-corrected chi connectivity index (χ0v) is 77.8. The predicted molar refractivity (Wildman–Crippen MR) is 495 cm³/mol. The molecule has 2 saturated heterocycles. The van der Waals surface area contributed by atoms with Crippen LogP contribution < -0.4 is 31.3 Å². The van der Waals surface area contributed by atoms with Gasteiger partial charge in [0.15, 0.2) is 0 Å². The summed E-state index contributed by atoms with van der Waals surface area (Å²) in [6.45, 7) is 12.6. The summed E-state index contributed by atoms with van der Waals surface area (Å²) < 4.78 is 140. The van der Waals surface area contributed by atoms with Gasteiger partial charge in [0.1, 0.15) is 0 Å². The van der Waals surface area contributed by atoms with Crippen LogP contribution in [-0.4, -0.2) is 164 Å². The number of nitrogens with zero attached hydrogens (tertiary/aromatic N) is 10. The van der Waals surface area contributed by atoms with Crippen molar-refractivity contribution in [3.8, 4) is 37.0 Å². The van der Waals surface area contributed by atoms with Gasteiger partial charge in [-0.05, 0) is 218 Å². The maximum absolute atomic E-state index is 13.6. The lowest BCUT2D eigenvalue weighted by atomic mass is 10.1. The van der Waals surface area contributed by atoms with Crippen molar-refractivity contribution >= 4 is 121 Å². The fourth-order valence-corrected chi connectivity index (χ4v) is 17.3. The lowest BCUT2D eigenvalue weighted by Crippen LogP contribution is -2.30. The quantitative estimate of drug-likeness (QED) is 0.00358. The van der Waals surface area contributed by atoms with Gasteiger partial charge in [0, 0.05) is 92.3 Å². The standard InChI is InChI=1S/C37H42ClF3N7O5P.C33H34ClF3N7O5P.C9H17O3P.C5H7Br.C5H8O/c1-3-52-54(51,53-4-2)19-9-12-29-25-48(46-44-29)24-27-10-8-11-28(20-27)35(49)43-34-16-14-30(47-17-6-5-7-18-47)22-31(34)36(50)45-42-23-26-13-15-33(38)32(21-26)37(39,40)41;34-29-11-9-22(17-28(29)33(35,36)37)19-38-41-32(46)27-18-26(43-13-2-1-3-14-43)10-12-30(27)39-31(45)24-7-4-6-23(16-24)20-44-21-25(40-42-44)8-5-15-50(47,48)49;1-4-7-8-9-13(10,11-5-2)12-6-3;2*1-2-3-4-5-6/h8,10-11,13-16,20-23,25H,3-7,9,12,17-19,24H2,1-2H3,(H,43,49)(H,45,50);4,6-7,9-12,16-19,21H,1-3,5,8,13-15,20H2,(H,39,45)(H,41,46)(H2,47,48,49);1H,5-9H2,2-3H3;1H,3-5H2;1,6H,3-5H2/b42-23+;38-19+;;;. The van der Waals surface area contributed by atoms with Crippen LogP contribution in [0.25, 0.3) is 0 Å². The van der Waals surface area contributed by atoms with Crippen molar-refractivity contribution in [1.82, 2.24) is 40.8 Å². The number of aromatic nitrogens is 6. The first-order valence-electron chi connectivity index (χ1n) is 41.7. The topological polar surface area (TPSA) is 358 Å². The van der Waals surface area contributed by atoms with Crippen LogP contribution in [0.15, 0.2) is 144 Å². The molecule has 4 amide bonds. The number of carbonyl (C=O) groups excluding carboxylic acids is 4. The monoisotopic (exact) mass is 1950 g/mol. The van der Waals surface area contributed by atoms with E-state index in [4.69, 9.17) is 75.5 Å². The van der Waals surface area contributed by atoms with Crippen LogP contribution in [0, 0.1) is 37.0 Å². The highest BCUT2D eigenvalue weighted by Gasteiger charge is 2.35. The van der Waals surface area contributed by atoms with Gasteiger partial charge in [0.05, 0.1) is 125 Å². The van der Waals surface area contributed by atoms with Crippen LogP contribution in [0.5, 0.6) is 0 Å². The summed E-state index contributed by atoms with van der Waals surface area (Å²) in [5.41, 5.74) is 8.51. The molecular formula is C89H108BrCl2F6N14O14P3. The summed E-state index contributed by atoms with van der Waals surface area (Å²) in [4.78, 5) is 76.3. The number of rotatable bonds is 39. The number of unbranched alkanes of at least 4 members (excludes halogenated alkanes) is 3. The van der Waals surface area contributed by atoms with E-state index in [0.29, 0.717) is 100 Å². The number of hydrogen-bond acceptors (Lipinski definition) is 20. The zero-order valence-electron chi connectivity index (χ0n) is 72.1. The summed E-state index contributed by atoms with van der Waals surface area (Å²) >= 11 is 14.7. The number of hydrazone groups is 2. The molecule has 0 atom stereocenters. The average molecular weight is 1960 g/mol. The highest BCUT2D eigenvalue weighted by molar-refractivity contribution is 9.09. The molecule has 2 aliphatic rings. The first-order chi connectivity index (χ1) is 61.6. The van der Waals surface area contributed by atoms with Gasteiger partial charge in [-0.1, -0.05) is 86.0 Å². The number of aliphatic hydroxyl groups excluding tert-OH is 1. The van der Waals surface area contributed by atoms with Crippen molar-refractivity contribution in [2.45, 2.75) is 156 Å². The number of carbonyl (C=O) groups is 4. The molecule has 40 heteroatoms. The Kier molecular flexibility index (Phi) is 46.9. The SMILES string of the molecule is C#CCCCBr.C#CCCCO.C#CCCCP(=O)(OCC)OCC.CCOP(=O)(CCCc1cn(Cc2cccc(C(=O)Nc3ccc(N4CCCCC4)cc3C(=O)N/N=C/c3ccc(Cl)c(C(F)(F)F)c3)c2)nn1)OCC.O=C(Nc1ccc(N2CCCCC2)cc1C(=O)N/N=C/c1ccc(Cl)c(C(F)(F)F)c1)c1cccc(Cn2cc(CCCP(=O)(O)O)nn2)c1. The van der Waals surface area contributed by atoms with Gasteiger partial charge in [-0.25, -0.2) is 20.2 Å². The normalized spacial score (nSPS) is 12.9. The molecule has 129 heavy (non-hydrogen) atoms. The Bertz CT molecular complexity index is 5240. The summed E-state index contributed by atoms with van der Waals surface area (Å²) in [6.07, 6.45) is 24.2. The predicted octanol–water partition coefficient (Wildman–Crippen LogP) is 19.2. The van der Waals surface area contributed by atoms with Gasteiger partial charge in [-0.15, -0.1) is 47.2 Å². The zero-order chi connectivity index (χ0) is 94.4. The molecule has 2 aromatic heterocycles. The summed E-state index contributed by atoms with van der Waals surface area (Å²) in [5, 5.41) is 38.1. The van der Waals surface area contributed by atoms with Gasteiger partial charge in [-0.2, -0.15) is 36.5 Å². The van der Waals surface area contributed by atoms with E-state index >= 15 is 0 Å². The smallest absolute Gasteiger partial charge is 0.396 e. The van der Waals surface area contributed by atoms with E-state index < -0.39 is 79.9 Å². The van der Waals surface area contributed by atoms with Crippen LogP contribution in [0.3, 0.4) is 0 Å². The molecule has 0 unspecified atom stereocenters. The molecule has 2 aliphatic heterocycles. The second-order valence-electron chi connectivity index (χ2n) is 28.8. The summed E-state index contributed by atoms with van der Waals surface area (Å²) in [7, 11) is -10.1. The molecule has 696 valence electrons. The van der Waals surface area contributed by atoms with Gasteiger partial charge in [-0.3, -0.25) is 32.9 Å². The highest BCUT2D eigenvalue weighted by atomic mass is 79.9. The Labute approximate surface area is 766 Å². The van der Waals surface area contributed by atoms with Crippen molar-refractivity contribution in [3.05, 3.63) is 211 Å². The maximum atomic E-state index is 13.6. The molecule has 28 nitrogen and oxygen atoms in total. The largest absolute Gasteiger partial charge is 0.417 e. The van der Waals surface area contributed by atoms with Crippen LogP contribution in [0.1, 0.15) is 204 Å². The Morgan fingerprint density at radius 1 is 0.519 bits per heavy atom. The van der Waals surface area contributed by atoms with Gasteiger partial charge >= 0.3 is 35.1 Å². The number of aliphatic hydroxyl groups is 1. The fraction of sp³-hybridized carbons (Fsp3) is 0.416. The number of hydrogen-bond donors (Lipinski definition) is 7. The van der Waals surface area contributed by atoms with E-state index in [1.54, 1.807) is 116 Å². The molecule has 6 aromatic carbocycles. The number of anilines is 4. The second kappa shape index (κ2) is 56.0. The molecule has 10 rings (SSSR count). The maximum Gasteiger partial charge on any atom is 0.417 e. The molecule has 2 fully saturated rings. The van der Waals surface area contributed by atoms with Crippen LogP contribution >= 0.6 is 61.9 Å².